The summed E-state index contributed by atoms with van der Waals surface area (Å²) in [5.41, 5.74) is 0.980. The minimum atomic E-state index is -0.251. The van der Waals surface area contributed by atoms with Crippen LogP contribution in [0.2, 0.25) is 0 Å². The smallest absolute Gasteiger partial charge is 0.265 e. The van der Waals surface area contributed by atoms with E-state index >= 15 is 0 Å². The number of carbonyl (C=O) groups excluding carboxylic acids is 1. The fraction of sp³-hybridized carbons (Fsp3) is 0.412. The molecule has 0 spiro atoms. The Hall–Kier alpha value is -1.79. The summed E-state index contributed by atoms with van der Waals surface area (Å²) in [6, 6.07) is 6.42. The van der Waals surface area contributed by atoms with Crippen LogP contribution in [0.25, 0.3) is 0 Å². The molecule has 0 bridgehead atoms. The van der Waals surface area contributed by atoms with Crippen LogP contribution in [0.5, 0.6) is 0 Å². The highest BCUT2D eigenvalue weighted by atomic mass is 32.1. The molecule has 122 valence electrons. The normalized spacial score (nSPS) is 21.4. The van der Waals surface area contributed by atoms with E-state index < -0.39 is 0 Å². The fourth-order valence-corrected chi connectivity index (χ4v) is 3.50. The summed E-state index contributed by atoms with van der Waals surface area (Å²) in [5.74, 6) is -0.241. The lowest BCUT2D eigenvalue weighted by atomic mass is 10.2. The molecule has 1 aliphatic heterocycles. The maximum absolute atomic E-state index is 12.9. The topological polar surface area (TPSA) is 42.4 Å². The first kappa shape index (κ1) is 16.1. The molecule has 2 heterocycles. The first-order valence-electron chi connectivity index (χ1n) is 7.64. The molecule has 23 heavy (non-hydrogen) atoms. The van der Waals surface area contributed by atoms with Crippen LogP contribution in [-0.4, -0.2) is 41.1 Å². The molecule has 4 nitrogen and oxygen atoms in total. The molecule has 0 aliphatic carbocycles. The maximum atomic E-state index is 12.9. The first-order valence-corrected chi connectivity index (χ1v) is 8.46. The molecule has 2 atom stereocenters. The van der Waals surface area contributed by atoms with Crippen molar-refractivity contribution in [3.05, 3.63) is 51.7 Å². The molecule has 1 aliphatic rings. The van der Waals surface area contributed by atoms with Gasteiger partial charge in [-0.05, 0) is 31.5 Å². The minimum Gasteiger partial charge on any atom is -0.375 e. The van der Waals surface area contributed by atoms with Gasteiger partial charge in [-0.3, -0.25) is 4.79 Å². The van der Waals surface area contributed by atoms with Crippen molar-refractivity contribution >= 4 is 17.2 Å². The number of amides is 1. The molecule has 1 fully saturated rings. The van der Waals surface area contributed by atoms with Gasteiger partial charge in [-0.15, -0.1) is 11.3 Å². The van der Waals surface area contributed by atoms with Crippen LogP contribution in [0, 0.1) is 5.82 Å². The zero-order valence-electron chi connectivity index (χ0n) is 13.2. The second-order valence-corrected chi connectivity index (χ2v) is 6.99. The van der Waals surface area contributed by atoms with E-state index in [2.05, 4.69) is 4.98 Å². The van der Waals surface area contributed by atoms with Crippen LogP contribution in [-0.2, 0) is 11.2 Å². The van der Waals surface area contributed by atoms with E-state index in [9.17, 15) is 9.18 Å². The summed E-state index contributed by atoms with van der Waals surface area (Å²) >= 11 is 1.40. The number of benzene rings is 1. The van der Waals surface area contributed by atoms with Crippen molar-refractivity contribution in [3.8, 4) is 0 Å². The summed E-state index contributed by atoms with van der Waals surface area (Å²) < 4.78 is 18.5. The number of halogens is 1. The third-order valence-electron chi connectivity index (χ3n) is 3.90. The predicted molar refractivity (Wildman–Crippen MR) is 87.2 cm³/mol. The van der Waals surface area contributed by atoms with Gasteiger partial charge in [0.1, 0.15) is 10.7 Å². The number of morpholine rings is 1. The molecule has 0 unspecified atom stereocenters. The van der Waals surface area contributed by atoms with Crippen molar-refractivity contribution in [2.75, 3.05) is 13.2 Å². The quantitative estimate of drug-likeness (QED) is 0.866. The van der Waals surface area contributed by atoms with Crippen molar-refractivity contribution < 1.29 is 13.9 Å². The number of thiazole rings is 1. The van der Waals surface area contributed by atoms with Gasteiger partial charge in [-0.1, -0.05) is 12.1 Å². The molecular weight excluding hydrogens is 315 g/mol. The molecule has 0 N–H and O–H groups in total. The van der Waals surface area contributed by atoms with Crippen LogP contribution in [0.1, 0.15) is 34.1 Å². The van der Waals surface area contributed by atoms with E-state index in [1.165, 1.54) is 23.5 Å². The van der Waals surface area contributed by atoms with Crippen LogP contribution in [0.4, 0.5) is 4.39 Å². The lowest BCUT2D eigenvalue weighted by Crippen LogP contribution is -2.50. The van der Waals surface area contributed by atoms with Crippen LogP contribution in [0.3, 0.4) is 0 Å². The van der Waals surface area contributed by atoms with Gasteiger partial charge < -0.3 is 9.64 Å². The Balaban J connectivity index is 1.70. The van der Waals surface area contributed by atoms with E-state index in [1.54, 1.807) is 18.3 Å². The summed E-state index contributed by atoms with van der Waals surface area (Å²) in [7, 11) is 0. The third-order valence-corrected chi connectivity index (χ3v) is 4.89. The lowest BCUT2D eigenvalue weighted by Gasteiger charge is -2.36. The Labute approximate surface area is 138 Å². The van der Waals surface area contributed by atoms with E-state index in [-0.39, 0.29) is 23.9 Å². The van der Waals surface area contributed by atoms with Gasteiger partial charge in [0.15, 0.2) is 0 Å². The van der Waals surface area contributed by atoms with E-state index in [0.29, 0.717) is 24.4 Å². The number of hydrogen-bond donors (Lipinski definition) is 0. The molecule has 6 heteroatoms. The molecule has 0 saturated carbocycles. The SMILES string of the molecule is C[C@H]1CN(C(=O)c2cnc(Cc3ccc(F)cc3)s2)[C@@H](C)CO1. The average molecular weight is 334 g/mol. The Kier molecular flexibility index (Phi) is 4.73. The number of ether oxygens (including phenoxy) is 1. The Bertz CT molecular complexity index is 686. The summed E-state index contributed by atoms with van der Waals surface area (Å²) in [6.45, 7) is 5.13. The molecule has 1 aromatic carbocycles. The van der Waals surface area contributed by atoms with Crippen LogP contribution >= 0.6 is 11.3 Å². The predicted octanol–water partition coefficient (Wildman–Crippen LogP) is 3.12. The van der Waals surface area contributed by atoms with Gasteiger partial charge in [0, 0.05) is 13.0 Å². The number of carbonyl (C=O) groups is 1. The fourth-order valence-electron chi connectivity index (χ4n) is 2.60. The Morgan fingerprint density at radius 1 is 1.39 bits per heavy atom. The number of hydrogen-bond acceptors (Lipinski definition) is 4. The van der Waals surface area contributed by atoms with Crippen molar-refractivity contribution in [3.63, 3.8) is 0 Å². The van der Waals surface area contributed by atoms with Crippen molar-refractivity contribution in [1.82, 2.24) is 9.88 Å². The molecule has 1 saturated heterocycles. The number of nitrogens with zero attached hydrogens (tertiary/aromatic N) is 2. The summed E-state index contributed by atoms with van der Waals surface area (Å²) in [6.07, 6.45) is 2.30. The van der Waals surface area contributed by atoms with Crippen molar-refractivity contribution in [2.24, 2.45) is 0 Å². The highest BCUT2D eigenvalue weighted by Crippen LogP contribution is 2.21. The van der Waals surface area contributed by atoms with Gasteiger partial charge in [0.2, 0.25) is 0 Å². The molecular formula is C17H19FN2O2S. The monoisotopic (exact) mass is 334 g/mol. The number of aromatic nitrogens is 1. The second-order valence-electron chi connectivity index (χ2n) is 5.87. The average Bonchev–Trinajstić information content (AvgIpc) is 3.00. The third kappa shape index (κ3) is 3.76. The largest absolute Gasteiger partial charge is 0.375 e. The highest BCUT2D eigenvalue weighted by molar-refractivity contribution is 7.13. The van der Waals surface area contributed by atoms with Crippen LogP contribution in [0.15, 0.2) is 30.5 Å². The van der Waals surface area contributed by atoms with Crippen molar-refractivity contribution in [2.45, 2.75) is 32.4 Å². The zero-order chi connectivity index (χ0) is 16.4. The standard InChI is InChI=1S/C17H19FN2O2S/c1-11-10-22-12(2)9-20(11)17(21)15-8-19-16(23-15)7-13-3-5-14(18)6-4-13/h3-6,8,11-12H,7,9-10H2,1-2H3/t11-,12-/m0/s1. The second kappa shape index (κ2) is 6.76. The van der Waals surface area contributed by atoms with Crippen molar-refractivity contribution in [1.29, 1.82) is 0 Å². The minimum absolute atomic E-state index is 0.00973. The van der Waals surface area contributed by atoms with E-state index in [4.69, 9.17) is 4.74 Å². The zero-order valence-corrected chi connectivity index (χ0v) is 14.0. The summed E-state index contributed by atoms with van der Waals surface area (Å²) in [5, 5.41) is 0.855. The molecule has 3 rings (SSSR count). The highest BCUT2D eigenvalue weighted by Gasteiger charge is 2.29. The molecule has 0 radical (unpaired) electrons. The molecule has 2 aromatic rings. The molecule has 1 amide bonds. The number of rotatable bonds is 3. The Morgan fingerprint density at radius 2 is 2.13 bits per heavy atom. The summed E-state index contributed by atoms with van der Waals surface area (Å²) in [4.78, 5) is 19.5. The first-order chi connectivity index (χ1) is 11.0. The van der Waals surface area contributed by atoms with Gasteiger partial charge in [-0.2, -0.15) is 0 Å². The van der Waals surface area contributed by atoms with Gasteiger partial charge in [0.05, 0.1) is 30.0 Å². The van der Waals surface area contributed by atoms with Crippen LogP contribution < -0.4 is 0 Å². The lowest BCUT2D eigenvalue weighted by molar-refractivity contribution is -0.0385. The van der Waals surface area contributed by atoms with E-state index in [1.807, 2.05) is 18.7 Å². The molecule has 1 aromatic heterocycles. The van der Waals surface area contributed by atoms with Gasteiger partial charge in [-0.25, -0.2) is 9.37 Å². The van der Waals surface area contributed by atoms with Gasteiger partial charge in [0.25, 0.3) is 5.91 Å². The van der Waals surface area contributed by atoms with E-state index in [0.717, 1.165) is 10.6 Å². The van der Waals surface area contributed by atoms with Gasteiger partial charge >= 0.3 is 0 Å². The Morgan fingerprint density at radius 3 is 2.87 bits per heavy atom. The maximum Gasteiger partial charge on any atom is 0.265 e.